The van der Waals surface area contributed by atoms with Crippen LogP contribution in [0.4, 0.5) is 5.69 Å². The van der Waals surface area contributed by atoms with Crippen molar-refractivity contribution in [2.24, 2.45) is 0 Å². The Morgan fingerprint density at radius 1 is 1.12 bits per heavy atom. The number of anilines is 1. The van der Waals surface area contributed by atoms with Gasteiger partial charge >= 0.3 is 5.97 Å². The maximum atomic E-state index is 12.1. The Bertz CT molecular complexity index is 753. The van der Waals surface area contributed by atoms with Crippen molar-refractivity contribution in [2.75, 3.05) is 11.9 Å². The van der Waals surface area contributed by atoms with E-state index < -0.39 is 11.9 Å². The van der Waals surface area contributed by atoms with E-state index in [1.807, 2.05) is 24.3 Å². The fourth-order valence-corrected chi connectivity index (χ4v) is 2.36. The lowest BCUT2D eigenvalue weighted by Gasteiger charge is -2.15. The van der Waals surface area contributed by atoms with Gasteiger partial charge in [-0.15, -0.1) is 0 Å². The number of rotatable bonds is 7. The molecule has 0 bridgehead atoms. The van der Waals surface area contributed by atoms with Crippen molar-refractivity contribution in [1.29, 1.82) is 0 Å². The van der Waals surface area contributed by atoms with Crippen LogP contribution in [-0.2, 0) is 9.53 Å². The molecular weight excluding hydrogens is 318 g/mol. The third-order valence-electron chi connectivity index (χ3n) is 3.99. The topological polar surface area (TPSA) is 72.5 Å². The number of hydrogen-bond donors (Lipinski definition) is 1. The Balaban J connectivity index is 1.94. The predicted octanol–water partition coefficient (Wildman–Crippen LogP) is 3.81. The van der Waals surface area contributed by atoms with Crippen LogP contribution in [0.25, 0.3) is 0 Å². The van der Waals surface area contributed by atoms with E-state index in [0.29, 0.717) is 23.3 Å². The molecule has 0 aliphatic rings. The molecule has 130 valence electrons. The summed E-state index contributed by atoms with van der Waals surface area (Å²) in [7, 11) is 0. The normalized spacial score (nSPS) is 11.4. The minimum Gasteiger partial charge on any atom is -0.452 e. The molecule has 1 N–H and O–H groups in total. The molecule has 0 aromatic heterocycles. The van der Waals surface area contributed by atoms with Crippen LogP contribution < -0.4 is 5.32 Å². The SMILES string of the molecule is CC[C@@H](C)c1ccccc1NC(=O)COC(=O)c1ccc(C=O)cc1. The number of para-hydroxylation sites is 1. The molecule has 0 fully saturated rings. The van der Waals surface area contributed by atoms with E-state index in [2.05, 4.69) is 19.2 Å². The summed E-state index contributed by atoms with van der Waals surface area (Å²) in [6.07, 6.45) is 1.65. The standard InChI is InChI=1S/C20H21NO4/c1-3-14(2)17-6-4-5-7-18(17)21-19(23)13-25-20(24)16-10-8-15(12-22)9-11-16/h4-12,14H,3,13H2,1-2H3,(H,21,23)/t14-/m1/s1. The van der Waals surface area contributed by atoms with Crippen LogP contribution in [0, 0.1) is 0 Å². The van der Waals surface area contributed by atoms with Gasteiger partial charge in [0.2, 0.25) is 0 Å². The molecule has 25 heavy (non-hydrogen) atoms. The first-order valence-electron chi connectivity index (χ1n) is 8.16. The molecule has 2 aromatic carbocycles. The van der Waals surface area contributed by atoms with Crippen molar-refractivity contribution in [1.82, 2.24) is 0 Å². The van der Waals surface area contributed by atoms with Gasteiger partial charge in [0.15, 0.2) is 6.61 Å². The van der Waals surface area contributed by atoms with Crippen molar-refractivity contribution >= 4 is 23.9 Å². The smallest absolute Gasteiger partial charge is 0.338 e. The van der Waals surface area contributed by atoms with Crippen LogP contribution in [0.3, 0.4) is 0 Å². The van der Waals surface area contributed by atoms with Crippen molar-refractivity contribution in [3.05, 3.63) is 65.2 Å². The minimum atomic E-state index is -0.609. The summed E-state index contributed by atoms with van der Waals surface area (Å²) in [5.74, 6) is -0.688. The summed E-state index contributed by atoms with van der Waals surface area (Å²) < 4.78 is 5.02. The Morgan fingerprint density at radius 3 is 2.44 bits per heavy atom. The van der Waals surface area contributed by atoms with Crippen LogP contribution in [0.5, 0.6) is 0 Å². The highest BCUT2D eigenvalue weighted by Crippen LogP contribution is 2.26. The van der Waals surface area contributed by atoms with Gasteiger partial charge in [-0.25, -0.2) is 4.79 Å². The van der Waals surface area contributed by atoms with E-state index in [1.165, 1.54) is 24.3 Å². The number of ether oxygens (including phenoxy) is 1. The molecule has 0 spiro atoms. The van der Waals surface area contributed by atoms with E-state index in [9.17, 15) is 14.4 Å². The van der Waals surface area contributed by atoms with Crippen LogP contribution in [-0.4, -0.2) is 24.8 Å². The molecule has 1 amide bonds. The zero-order valence-corrected chi connectivity index (χ0v) is 14.3. The molecular formula is C20H21NO4. The first-order chi connectivity index (χ1) is 12.0. The van der Waals surface area contributed by atoms with E-state index in [0.717, 1.165) is 17.7 Å². The molecule has 2 aromatic rings. The van der Waals surface area contributed by atoms with Gasteiger partial charge in [-0.05, 0) is 36.1 Å². The molecule has 5 nitrogen and oxygen atoms in total. The molecule has 0 radical (unpaired) electrons. The zero-order valence-electron chi connectivity index (χ0n) is 14.3. The lowest BCUT2D eigenvalue weighted by Crippen LogP contribution is -2.21. The fourth-order valence-electron chi connectivity index (χ4n) is 2.36. The van der Waals surface area contributed by atoms with Gasteiger partial charge in [0.05, 0.1) is 5.56 Å². The largest absolute Gasteiger partial charge is 0.452 e. The second-order valence-corrected chi connectivity index (χ2v) is 5.76. The van der Waals surface area contributed by atoms with Gasteiger partial charge < -0.3 is 10.1 Å². The number of esters is 1. The van der Waals surface area contributed by atoms with E-state index in [4.69, 9.17) is 4.74 Å². The van der Waals surface area contributed by atoms with Crippen LogP contribution in [0.1, 0.15) is 52.5 Å². The summed E-state index contributed by atoms with van der Waals surface area (Å²) in [6.45, 7) is 3.80. The lowest BCUT2D eigenvalue weighted by atomic mass is 9.97. The van der Waals surface area contributed by atoms with Crippen molar-refractivity contribution in [2.45, 2.75) is 26.2 Å². The highest BCUT2D eigenvalue weighted by Gasteiger charge is 2.13. The average Bonchev–Trinajstić information content (AvgIpc) is 2.66. The Kier molecular flexibility index (Phi) is 6.46. The second kappa shape index (κ2) is 8.78. The molecule has 0 saturated carbocycles. The summed E-state index contributed by atoms with van der Waals surface area (Å²) in [5.41, 5.74) is 2.54. The Hall–Kier alpha value is -2.95. The van der Waals surface area contributed by atoms with E-state index >= 15 is 0 Å². The van der Waals surface area contributed by atoms with Crippen molar-refractivity contribution in [3.8, 4) is 0 Å². The van der Waals surface area contributed by atoms with Gasteiger partial charge in [-0.1, -0.05) is 44.2 Å². The summed E-state index contributed by atoms with van der Waals surface area (Å²) in [4.78, 5) is 34.6. The molecule has 0 unspecified atom stereocenters. The highest BCUT2D eigenvalue weighted by molar-refractivity contribution is 5.96. The van der Waals surface area contributed by atoms with Gasteiger partial charge in [-0.3, -0.25) is 9.59 Å². The van der Waals surface area contributed by atoms with Gasteiger partial charge in [0.25, 0.3) is 5.91 Å². The zero-order chi connectivity index (χ0) is 18.2. The molecule has 0 aliphatic carbocycles. The molecule has 1 atom stereocenters. The third kappa shape index (κ3) is 5.01. The Labute approximate surface area is 147 Å². The maximum absolute atomic E-state index is 12.1. The van der Waals surface area contributed by atoms with Crippen LogP contribution in [0.2, 0.25) is 0 Å². The van der Waals surface area contributed by atoms with Crippen molar-refractivity contribution < 1.29 is 19.1 Å². The molecule has 0 aliphatic heterocycles. The first kappa shape index (κ1) is 18.4. The van der Waals surface area contributed by atoms with Gasteiger partial charge in [-0.2, -0.15) is 0 Å². The number of aldehydes is 1. The second-order valence-electron chi connectivity index (χ2n) is 5.76. The molecule has 0 heterocycles. The Morgan fingerprint density at radius 2 is 1.80 bits per heavy atom. The number of benzene rings is 2. The fraction of sp³-hybridized carbons (Fsp3) is 0.250. The molecule has 5 heteroatoms. The maximum Gasteiger partial charge on any atom is 0.338 e. The predicted molar refractivity (Wildman–Crippen MR) is 95.9 cm³/mol. The first-order valence-corrected chi connectivity index (χ1v) is 8.16. The van der Waals surface area contributed by atoms with Gasteiger partial charge in [0, 0.05) is 11.3 Å². The van der Waals surface area contributed by atoms with Crippen LogP contribution >= 0.6 is 0 Å². The minimum absolute atomic E-state index is 0.290. The number of carbonyl (C=O) groups excluding carboxylic acids is 3. The van der Waals surface area contributed by atoms with Crippen LogP contribution in [0.15, 0.2) is 48.5 Å². The monoisotopic (exact) mass is 339 g/mol. The van der Waals surface area contributed by atoms with Crippen molar-refractivity contribution in [3.63, 3.8) is 0 Å². The lowest BCUT2D eigenvalue weighted by molar-refractivity contribution is -0.119. The molecule has 2 rings (SSSR count). The number of nitrogens with one attached hydrogen (secondary N) is 1. The van der Waals surface area contributed by atoms with E-state index in [-0.39, 0.29) is 6.61 Å². The molecule has 0 saturated heterocycles. The third-order valence-corrected chi connectivity index (χ3v) is 3.99. The number of hydrogen-bond acceptors (Lipinski definition) is 4. The number of carbonyl (C=O) groups is 3. The average molecular weight is 339 g/mol. The highest BCUT2D eigenvalue weighted by atomic mass is 16.5. The quantitative estimate of drug-likeness (QED) is 0.615. The summed E-state index contributed by atoms with van der Waals surface area (Å²) >= 11 is 0. The van der Waals surface area contributed by atoms with Gasteiger partial charge in [0.1, 0.15) is 6.29 Å². The summed E-state index contributed by atoms with van der Waals surface area (Å²) in [6, 6.07) is 13.6. The number of amides is 1. The summed E-state index contributed by atoms with van der Waals surface area (Å²) in [5, 5.41) is 2.79. The van der Waals surface area contributed by atoms with E-state index in [1.54, 1.807) is 0 Å².